The first-order valence-electron chi connectivity index (χ1n) is 5.67. The van der Waals surface area contributed by atoms with Crippen molar-refractivity contribution in [2.24, 2.45) is 0 Å². The fourth-order valence-electron chi connectivity index (χ4n) is 1.72. The lowest BCUT2D eigenvalue weighted by atomic mass is 10.1. The zero-order valence-electron chi connectivity index (χ0n) is 10.1. The molecule has 0 amide bonds. The summed E-state index contributed by atoms with van der Waals surface area (Å²) in [4.78, 5) is 11.4. The van der Waals surface area contributed by atoms with Gasteiger partial charge in [0, 0.05) is 10.2 Å². The van der Waals surface area contributed by atoms with Gasteiger partial charge < -0.3 is 10.4 Å². The molecule has 0 radical (unpaired) electrons. The molecule has 2 rings (SSSR count). The van der Waals surface area contributed by atoms with Gasteiger partial charge >= 0.3 is 5.97 Å². The maximum absolute atomic E-state index is 13.0. The van der Waals surface area contributed by atoms with Crippen molar-refractivity contribution in [1.82, 2.24) is 0 Å². The molecule has 104 valence electrons. The number of aliphatic carboxylic acids is 1. The van der Waals surface area contributed by atoms with Crippen molar-refractivity contribution >= 4 is 27.6 Å². The predicted octanol–water partition coefficient (Wildman–Crippen LogP) is 3.97. The van der Waals surface area contributed by atoms with Gasteiger partial charge in [0.05, 0.1) is 0 Å². The van der Waals surface area contributed by atoms with Crippen molar-refractivity contribution in [2.75, 3.05) is 5.32 Å². The van der Waals surface area contributed by atoms with Crippen LogP contribution in [0.2, 0.25) is 0 Å². The number of carboxylic acid groups (broad SMARTS) is 1. The predicted molar refractivity (Wildman–Crippen MR) is 74.5 cm³/mol. The molecular formula is C14H10BrF2NO2. The van der Waals surface area contributed by atoms with Gasteiger partial charge in [-0.15, -0.1) is 0 Å². The van der Waals surface area contributed by atoms with E-state index in [9.17, 15) is 18.7 Å². The number of hydrogen-bond acceptors (Lipinski definition) is 2. The van der Waals surface area contributed by atoms with Crippen LogP contribution in [0.25, 0.3) is 0 Å². The van der Waals surface area contributed by atoms with E-state index in [0.29, 0.717) is 15.7 Å². The number of carbonyl (C=O) groups is 1. The largest absolute Gasteiger partial charge is 0.479 e. The van der Waals surface area contributed by atoms with E-state index in [1.165, 1.54) is 42.5 Å². The normalized spacial score (nSPS) is 11.9. The number of benzene rings is 2. The van der Waals surface area contributed by atoms with Gasteiger partial charge in [-0.3, -0.25) is 0 Å². The Bertz CT molecular complexity index is 632. The maximum Gasteiger partial charge on any atom is 0.330 e. The molecule has 3 nitrogen and oxygen atoms in total. The average Bonchev–Trinajstić information content (AvgIpc) is 2.39. The van der Waals surface area contributed by atoms with Crippen LogP contribution in [0.15, 0.2) is 46.9 Å². The molecule has 0 heterocycles. The van der Waals surface area contributed by atoms with E-state index in [1.54, 1.807) is 0 Å². The van der Waals surface area contributed by atoms with Gasteiger partial charge in [0.15, 0.2) is 6.04 Å². The Hall–Kier alpha value is -1.95. The summed E-state index contributed by atoms with van der Waals surface area (Å²) >= 11 is 3.14. The van der Waals surface area contributed by atoms with E-state index in [0.717, 1.165) is 0 Å². The van der Waals surface area contributed by atoms with E-state index >= 15 is 0 Å². The number of anilines is 1. The summed E-state index contributed by atoms with van der Waals surface area (Å²) in [6.07, 6.45) is 0. The first kappa shape index (κ1) is 14.5. The highest BCUT2D eigenvalue weighted by atomic mass is 79.9. The second kappa shape index (κ2) is 6.00. The van der Waals surface area contributed by atoms with Crippen molar-refractivity contribution in [3.63, 3.8) is 0 Å². The van der Waals surface area contributed by atoms with E-state index in [-0.39, 0.29) is 0 Å². The van der Waals surface area contributed by atoms with Crippen LogP contribution in [-0.2, 0) is 4.79 Å². The first-order valence-corrected chi connectivity index (χ1v) is 6.46. The van der Waals surface area contributed by atoms with E-state index < -0.39 is 23.6 Å². The Morgan fingerprint density at radius 1 is 1.10 bits per heavy atom. The highest BCUT2D eigenvalue weighted by Gasteiger charge is 2.22. The minimum Gasteiger partial charge on any atom is -0.479 e. The molecule has 0 aliphatic rings. The summed E-state index contributed by atoms with van der Waals surface area (Å²) in [7, 11) is 0. The number of hydrogen-bond donors (Lipinski definition) is 2. The Labute approximate surface area is 122 Å². The molecule has 0 saturated heterocycles. The molecule has 0 spiro atoms. The highest BCUT2D eigenvalue weighted by Crippen LogP contribution is 2.27. The van der Waals surface area contributed by atoms with Crippen LogP contribution in [0.4, 0.5) is 14.5 Å². The quantitative estimate of drug-likeness (QED) is 0.884. The highest BCUT2D eigenvalue weighted by molar-refractivity contribution is 9.10. The van der Waals surface area contributed by atoms with Crippen molar-refractivity contribution in [2.45, 2.75) is 6.04 Å². The van der Waals surface area contributed by atoms with Gasteiger partial charge in [-0.05, 0) is 42.0 Å². The zero-order valence-corrected chi connectivity index (χ0v) is 11.7. The van der Waals surface area contributed by atoms with Crippen LogP contribution in [0.5, 0.6) is 0 Å². The molecule has 2 aromatic carbocycles. The molecule has 0 aliphatic heterocycles. The van der Waals surface area contributed by atoms with E-state index in [4.69, 9.17) is 0 Å². The molecule has 2 aromatic rings. The average molecular weight is 342 g/mol. The molecule has 20 heavy (non-hydrogen) atoms. The summed E-state index contributed by atoms with van der Waals surface area (Å²) in [5.74, 6) is -2.00. The number of carboxylic acids is 1. The van der Waals surface area contributed by atoms with Crippen LogP contribution >= 0.6 is 15.9 Å². The molecule has 2 N–H and O–H groups in total. The van der Waals surface area contributed by atoms with Crippen LogP contribution < -0.4 is 5.32 Å². The molecule has 0 aliphatic carbocycles. The lowest BCUT2D eigenvalue weighted by molar-refractivity contribution is -0.138. The second-order valence-electron chi connectivity index (χ2n) is 4.09. The lowest BCUT2D eigenvalue weighted by Gasteiger charge is -2.17. The Balaban J connectivity index is 2.31. The summed E-state index contributed by atoms with van der Waals surface area (Å²) < 4.78 is 26.2. The molecule has 0 fully saturated rings. The maximum atomic E-state index is 13.0. The Morgan fingerprint density at radius 2 is 1.70 bits per heavy atom. The van der Waals surface area contributed by atoms with Gasteiger partial charge in [0.2, 0.25) is 0 Å². The third-order valence-electron chi connectivity index (χ3n) is 2.68. The third kappa shape index (κ3) is 3.33. The molecule has 6 heteroatoms. The summed E-state index contributed by atoms with van der Waals surface area (Å²) in [6.45, 7) is 0. The van der Waals surface area contributed by atoms with Crippen molar-refractivity contribution < 1.29 is 18.7 Å². The Morgan fingerprint density at radius 3 is 2.25 bits per heavy atom. The fourth-order valence-corrected chi connectivity index (χ4v) is 2.30. The van der Waals surface area contributed by atoms with Crippen molar-refractivity contribution in [1.29, 1.82) is 0 Å². The second-order valence-corrected chi connectivity index (χ2v) is 4.94. The summed E-state index contributed by atoms with van der Waals surface area (Å²) in [5.41, 5.74) is 0.832. The van der Waals surface area contributed by atoms with Crippen LogP contribution in [0, 0.1) is 11.6 Å². The molecule has 1 unspecified atom stereocenters. The van der Waals surface area contributed by atoms with Gasteiger partial charge in [0.1, 0.15) is 11.6 Å². The standard InChI is InChI=1S/C14H10BrF2NO2/c15-12-7-9(17)3-6-11(12)13(14(19)20)18-10-4-1-8(16)2-5-10/h1-7,13,18H,(H,19,20). The number of rotatable bonds is 4. The fraction of sp³-hybridized carbons (Fsp3) is 0.0714. The minimum atomic E-state index is -1.12. The number of nitrogens with one attached hydrogen (secondary N) is 1. The Kier molecular flexibility index (Phi) is 4.34. The lowest BCUT2D eigenvalue weighted by Crippen LogP contribution is -2.21. The van der Waals surface area contributed by atoms with Gasteiger partial charge in [0.25, 0.3) is 0 Å². The van der Waals surface area contributed by atoms with Crippen LogP contribution in [-0.4, -0.2) is 11.1 Å². The molecule has 0 bridgehead atoms. The van der Waals surface area contributed by atoms with Gasteiger partial charge in [-0.1, -0.05) is 22.0 Å². The summed E-state index contributed by atoms with van der Waals surface area (Å²) in [5, 5.41) is 12.0. The molecular weight excluding hydrogens is 332 g/mol. The number of halogens is 3. The zero-order chi connectivity index (χ0) is 14.7. The van der Waals surface area contributed by atoms with Crippen LogP contribution in [0.1, 0.15) is 11.6 Å². The molecule has 1 atom stereocenters. The van der Waals surface area contributed by atoms with E-state index in [2.05, 4.69) is 21.2 Å². The van der Waals surface area contributed by atoms with E-state index in [1.807, 2.05) is 0 Å². The first-order chi connectivity index (χ1) is 9.47. The molecule has 0 aromatic heterocycles. The smallest absolute Gasteiger partial charge is 0.330 e. The topological polar surface area (TPSA) is 49.3 Å². The van der Waals surface area contributed by atoms with Gasteiger partial charge in [-0.25, -0.2) is 13.6 Å². The molecule has 0 saturated carbocycles. The van der Waals surface area contributed by atoms with Crippen molar-refractivity contribution in [3.8, 4) is 0 Å². The van der Waals surface area contributed by atoms with Crippen LogP contribution in [0.3, 0.4) is 0 Å². The minimum absolute atomic E-state index is 0.347. The summed E-state index contributed by atoms with van der Waals surface area (Å²) in [6, 6.07) is 8.00. The van der Waals surface area contributed by atoms with Gasteiger partial charge in [-0.2, -0.15) is 0 Å². The van der Waals surface area contributed by atoms with Crippen molar-refractivity contribution in [3.05, 3.63) is 64.1 Å². The SMILES string of the molecule is O=C(O)C(Nc1ccc(F)cc1)c1ccc(F)cc1Br. The third-order valence-corrected chi connectivity index (χ3v) is 3.36. The monoisotopic (exact) mass is 341 g/mol.